The number of phenols is 1. The molecule has 0 saturated heterocycles. The summed E-state index contributed by atoms with van der Waals surface area (Å²) < 4.78 is 5.32. The fourth-order valence-electron chi connectivity index (χ4n) is 3.14. The van der Waals surface area contributed by atoms with E-state index < -0.39 is 0 Å². The van der Waals surface area contributed by atoms with Crippen LogP contribution in [0.15, 0.2) is 39.7 Å². The van der Waals surface area contributed by atoms with Crippen molar-refractivity contribution in [2.45, 2.75) is 19.5 Å². The van der Waals surface area contributed by atoms with Crippen LogP contribution >= 0.6 is 23.2 Å². The van der Waals surface area contributed by atoms with Gasteiger partial charge in [-0.05, 0) is 30.7 Å². The number of aromatic nitrogens is 2. The molecule has 0 amide bonds. The smallest absolute Gasteiger partial charge is 0.254 e. The van der Waals surface area contributed by atoms with Crippen LogP contribution in [0.4, 0.5) is 0 Å². The molecule has 6 nitrogen and oxygen atoms in total. The number of aromatic amines is 1. The van der Waals surface area contributed by atoms with E-state index in [0.717, 1.165) is 0 Å². The number of nitrogens with one attached hydrogen (secondary N) is 1. The minimum Gasteiger partial charge on any atom is -0.506 e. The number of nitrogens with zero attached hydrogens (tertiary/aromatic N) is 2. The number of benzene rings is 1. The van der Waals surface area contributed by atoms with Crippen LogP contribution in [0.25, 0.3) is 11.6 Å². The second-order valence-corrected chi connectivity index (χ2v) is 7.02. The van der Waals surface area contributed by atoms with Gasteiger partial charge < -0.3 is 14.5 Å². The molecule has 4 rings (SSSR count). The Bertz CT molecular complexity index is 1020. The second kappa shape index (κ2) is 6.79. The average molecular weight is 392 g/mol. The maximum absolute atomic E-state index is 12.4. The summed E-state index contributed by atoms with van der Waals surface area (Å²) in [6, 6.07) is 6.69. The van der Waals surface area contributed by atoms with E-state index in [0.29, 0.717) is 59.5 Å². The number of aromatic hydroxyl groups is 1. The van der Waals surface area contributed by atoms with Gasteiger partial charge >= 0.3 is 0 Å². The van der Waals surface area contributed by atoms with E-state index in [2.05, 4.69) is 14.9 Å². The molecule has 134 valence electrons. The Kier molecular flexibility index (Phi) is 4.48. The van der Waals surface area contributed by atoms with E-state index in [4.69, 9.17) is 27.6 Å². The summed E-state index contributed by atoms with van der Waals surface area (Å²) in [7, 11) is 0. The standard InChI is InChI=1S/C18H15Cl2N3O3/c19-11-6-10(16(24)13(20)7-11)8-23-4-3-12-14(9-23)21-17(22-18(12)25)15-2-1-5-26-15/h1-2,5-7,24H,3-4,8-9H2,(H,21,22,25). The lowest BCUT2D eigenvalue weighted by molar-refractivity contribution is 0.237. The summed E-state index contributed by atoms with van der Waals surface area (Å²) in [5.74, 6) is 0.951. The SMILES string of the molecule is O=c1[nH]c(-c2ccco2)nc2c1CCN(Cc1cc(Cl)cc(Cl)c1O)C2. The van der Waals surface area contributed by atoms with Crippen molar-refractivity contribution in [3.63, 3.8) is 0 Å². The number of hydrogen-bond donors (Lipinski definition) is 2. The summed E-state index contributed by atoms with van der Waals surface area (Å²) in [4.78, 5) is 21.8. The lowest BCUT2D eigenvalue weighted by Gasteiger charge is -2.28. The number of H-pyrrole nitrogens is 1. The number of rotatable bonds is 3. The van der Waals surface area contributed by atoms with Gasteiger partial charge in [0.05, 0.1) is 17.0 Å². The van der Waals surface area contributed by atoms with E-state index in [9.17, 15) is 9.90 Å². The Morgan fingerprint density at radius 2 is 2.19 bits per heavy atom. The number of hydrogen-bond acceptors (Lipinski definition) is 5. The summed E-state index contributed by atoms with van der Waals surface area (Å²) in [5, 5.41) is 10.9. The van der Waals surface area contributed by atoms with E-state index in [1.165, 1.54) is 12.3 Å². The minimum absolute atomic E-state index is 0.0250. The highest BCUT2D eigenvalue weighted by molar-refractivity contribution is 6.35. The van der Waals surface area contributed by atoms with Crippen molar-refractivity contribution >= 4 is 23.2 Å². The molecule has 2 N–H and O–H groups in total. The normalized spacial score (nSPS) is 14.4. The first-order valence-electron chi connectivity index (χ1n) is 8.06. The molecule has 0 aliphatic carbocycles. The number of phenolic OH excluding ortho intramolecular Hbond substituents is 1. The Morgan fingerprint density at radius 1 is 1.35 bits per heavy atom. The van der Waals surface area contributed by atoms with E-state index in [-0.39, 0.29) is 16.3 Å². The summed E-state index contributed by atoms with van der Waals surface area (Å²) >= 11 is 12.0. The van der Waals surface area contributed by atoms with Gasteiger partial charge in [0.1, 0.15) is 5.75 Å². The predicted molar refractivity (Wildman–Crippen MR) is 98.5 cm³/mol. The first kappa shape index (κ1) is 17.1. The fourth-order valence-corrected chi connectivity index (χ4v) is 3.68. The first-order valence-corrected chi connectivity index (χ1v) is 8.82. The number of halogens is 2. The number of furan rings is 1. The highest BCUT2D eigenvalue weighted by Crippen LogP contribution is 2.32. The topological polar surface area (TPSA) is 82.4 Å². The van der Waals surface area contributed by atoms with Gasteiger partial charge in [-0.3, -0.25) is 9.69 Å². The highest BCUT2D eigenvalue weighted by Gasteiger charge is 2.23. The monoisotopic (exact) mass is 391 g/mol. The summed E-state index contributed by atoms with van der Waals surface area (Å²) in [6.45, 7) is 1.61. The molecule has 0 bridgehead atoms. The van der Waals surface area contributed by atoms with Crippen LogP contribution in [-0.2, 0) is 19.5 Å². The Hall–Kier alpha value is -2.28. The maximum atomic E-state index is 12.4. The average Bonchev–Trinajstić information content (AvgIpc) is 3.13. The zero-order valence-corrected chi connectivity index (χ0v) is 15.1. The van der Waals surface area contributed by atoms with E-state index in [1.54, 1.807) is 18.2 Å². The molecule has 3 heterocycles. The van der Waals surface area contributed by atoms with Crippen LogP contribution in [-0.4, -0.2) is 26.5 Å². The van der Waals surface area contributed by atoms with Crippen molar-refractivity contribution in [1.82, 2.24) is 14.9 Å². The third-order valence-electron chi connectivity index (χ3n) is 4.41. The van der Waals surface area contributed by atoms with Gasteiger partial charge in [0.15, 0.2) is 11.6 Å². The largest absolute Gasteiger partial charge is 0.506 e. The van der Waals surface area contributed by atoms with Crippen LogP contribution in [0.1, 0.15) is 16.8 Å². The van der Waals surface area contributed by atoms with Crippen LogP contribution in [0, 0.1) is 0 Å². The van der Waals surface area contributed by atoms with Gasteiger partial charge in [0.2, 0.25) is 0 Å². The molecule has 0 unspecified atom stereocenters. The third kappa shape index (κ3) is 3.23. The van der Waals surface area contributed by atoms with Crippen molar-refractivity contribution < 1.29 is 9.52 Å². The molecule has 0 fully saturated rings. The third-order valence-corrected chi connectivity index (χ3v) is 4.91. The van der Waals surface area contributed by atoms with E-state index >= 15 is 0 Å². The molecule has 8 heteroatoms. The fraction of sp³-hybridized carbons (Fsp3) is 0.222. The predicted octanol–water partition coefficient (Wildman–Crippen LogP) is 3.60. The van der Waals surface area contributed by atoms with Crippen LogP contribution in [0.2, 0.25) is 10.0 Å². The molecule has 0 radical (unpaired) electrons. The maximum Gasteiger partial charge on any atom is 0.254 e. The Balaban J connectivity index is 1.63. The molecule has 0 saturated carbocycles. The summed E-state index contributed by atoms with van der Waals surface area (Å²) in [5.41, 5.74) is 1.89. The van der Waals surface area contributed by atoms with Crippen molar-refractivity contribution in [3.05, 3.63) is 67.7 Å². The second-order valence-electron chi connectivity index (χ2n) is 6.17. The van der Waals surface area contributed by atoms with Crippen molar-refractivity contribution in [2.75, 3.05) is 6.54 Å². The zero-order valence-electron chi connectivity index (χ0n) is 13.6. The lowest BCUT2D eigenvalue weighted by Crippen LogP contribution is -2.35. The molecule has 3 aromatic rings. The molecule has 26 heavy (non-hydrogen) atoms. The Labute approximate surface area is 159 Å². The van der Waals surface area contributed by atoms with Crippen LogP contribution < -0.4 is 5.56 Å². The molecule has 2 aromatic heterocycles. The van der Waals surface area contributed by atoms with Gasteiger partial charge in [-0.25, -0.2) is 4.98 Å². The molecule has 1 aliphatic rings. The van der Waals surface area contributed by atoms with Gasteiger partial charge in [-0.2, -0.15) is 0 Å². The van der Waals surface area contributed by atoms with Crippen molar-refractivity contribution in [1.29, 1.82) is 0 Å². The Morgan fingerprint density at radius 3 is 2.96 bits per heavy atom. The first-order chi connectivity index (χ1) is 12.5. The van der Waals surface area contributed by atoms with Crippen molar-refractivity contribution in [2.24, 2.45) is 0 Å². The quantitative estimate of drug-likeness (QED) is 0.712. The molecular formula is C18H15Cl2N3O3. The van der Waals surface area contributed by atoms with Gasteiger partial charge in [0.25, 0.3) is 5.56 Å². The minimum atomic E-state index is -0.144. The number of fused-ring (bicyclic) bond motifs is 1. The summed E-state index contributed by atoms with van der Waals surface area (Å²) in [6.07, 6.45) is 2.11. The van der Waals surface area contributed by atoms with Gasteiger partial charge in [0, 0.05) is 35.8 Å². The van der Waals surface area contributed by atoms with E-state index in [1.807, 2.05) is 0 Å². The van der Waals surface area contributed by atoms with Gasteiger partial charge in [-0.1, -0.05) is 23.2 Å². The molecular weight excluding hydrogens is 377 g/mol. The molecule has 1 aromatic carbocycles. The van der Waals surface area contributed by atoms with Gasteiger partial charge in [-0.15, -0.1) is 0 Å². The molecule has 1 aliphatic heterocycles. The van der Waals surface area contributed by atoms with Crippen molar-refractivity contribution in [3.8, 4) is 17.3 Å². The zero-order chi connectivity index (χ0) is 18.3. The molecule has 0 atom stereocenters. The lowest BCUT2D eigenvalue weighted by atomic mass is 10.1. The molecule has 0 spiro atoms. The van der Waals surface area contributed by atoms with Crippen LogP contribution in [0.3, 0.4) is 0 Å². The van der Waals surface area contributed by atoms with Crippen LogP contribution in [0.5, 0.6) is 5.75 Å². The highest BCUT2D eigenvalue weighted by atomic mass is 35.5.